The Morgan fingerprint density at radius 2 is 1.93 bits per heavy atom. The van der Waals surface area contributed by atoms with Crippen molar-refractivity contribution in [3.63, 3.8) is 0 Å². The largest absolute Gasteiger partial charge is 0.313 e. The van der Waals surface area contributed by atoms with Crippen LogP contribution in [0.1, 0.15) is 25.7 Å². The predicted octanol–water partition coefficient (Wildman–Crippen LogP) is 2.61. The van der Waals surface area contributed by atoms with E-state index in [0.29, 0.717) is 0 Å². The molecule has 2 aliphatic rings. The monoisotopic (exact) mass is 231 g/mol. The summed E-state index contributed by atoms with van der Waals surface area (Å²) in [6.07, 6.45) is 5.77. The maximum absolute atomic E-state index is 3.68. The minimum Gasteiger partial charge on any atom is -0.313 e. The Labute approximate surface area is 96.2 Å². The first-order chi connectivity index (χ1) is 6.95. The summed E-state index contributed by atoms with van der Waals surface area (Å²) in [7, 11) is 0. The summed E-state index contributed by atoms with van der Waals surface area (Å²) >= 11 is 4.25. The van der Waals surface area contributed by atoms with Gasteiger partial charge < -0.3 is 5.32 Å². The van der Waals surface area contributed by atoms with Crippen LogP contribution in [0, 0.1) is 5.92 Å². The molecule has 0 radical (unpaired) electrons. The minimum absolute atomic E-state index is 0.831. The molecule has 2 rings (SSSR count). The minimum atomic E-state index is 0.831. The van der Waals surface area contributed by atoms with E-state index >= 15 is 0 Å². The van der Waals surface area contributed by atoms with E-state index < -0.39 is 0 Å². The van der Waals surface area contributed by atoms with E-state index in [4.69, 9.17) is 0 Å². The van der Waals surface area contributed by atoms with E-state index in [1.54, 1.807) is 0 Å². The van der Waals surface area contributed by atoms with Gasteiger partial charge in [-0.05, 0) is 48.9 Å². The smallest absolute Gasteiger partial charge is 0.00831 e. The molecule has 1 aliphatic carbocycles. The fourth-order valence-corrected chi connectivity index (χ4v) is 3.97. The van der Waals surface area contributed by atoms with Crippen LogP contribution >= 0.6 is 23.5 Å². The van der Waals surface area contributed by atoms with E-state index in [1.165, 1.54) is 55.2 Å². The number of thioether (sulfide) groups is 2. The lowest BCUT2D eigenvalue weighted by atomic mass is 10.1. The second-order valence-electron chi connectivity index (χ2n) is 4.36. The number of nitrogens with one attached hydrogen (secondary N) is 1. The van der Waals surface area contributed by atoms with E-state index in [-0.39, 0.29) is 0 Å². The molecule has 0 unspecified atom stereocenters. The molecule has 1 N–H and O–H groups in total. The molecule has 0 amide bonds. The van der Waals surface area contributed by atoms with Gasteiger partial charge in [0.05, 0.1) is 0 Å². The first kappa shape index (κ1) is 11.2. The van der Waals surface area contributed by atoms with Crippen LogP contribution in [-0.2, 0) is 0 Å². The molecular formula is C11H21NS2. The van der Waals surface area contributed by atoms with Gasteiger partial charge in [-0.3, -0.25) is 0 Å². The van der Waals surface area contributed by atoms with Crippen molar-refractivity contribution in [3.8, 4) is 0 Å². The third-order valence-electron chi connectivity index (χ3n) is 2.95. The van der Waals surface area contributed by atoms with Gasteiger partial charge in [-0.2, -0.15) is 23.5 Å². The van der Waals surface area contributed by atoms with Crippen molar-refractivity contribution >= 4 is 23.5 Å². The van der Waals surface area contributed by atoms with Gasteiger partial charge in [-0.1, -0.05) is 0 Å². The molecule has 0 aromatic carbocycles. The van der Waals surface area contributed by atoms with Crippen LogP contribution in [0.4, 0.5) is 0 Å². The van der Waals surface area contributed by atoms with Gasteiger partial charge in [0.2, 0.25) is 0 Å². The van der Waals surface area contributed by atoms with Crippen molar-refractivity contribution in [1.82, 2.24) is 5.32 Å². The lowest BCUT2D eigenvalue weighted by Gasteiger charge is -2.22. The standard InChI is InChI=1S/C11H21NS2/c1-2-10(1)9-14-8-5-12-11-3-6-13-7-4-11/h10-12H,1-9H2. The van der Waals surface area contributed by atoms with Crippen molar-refractivity contribution < 1.29 is 0 Å². The molecule has 3 heteroatoms. The van der Waals surface area contributed by atoms with E-state index in [2.05, 4.69) is 28.8 Å². The molecule has 82 valence electrons. The maximum Gasteiger partial charge on any atom is 0.00831 e. The first-order valence-corrected chi connectivity index (χ1v) is 8.15. The normalized spacial score (nSPS) is 24.0. The summed E-state index contributed by atoms with van der Waals surface area (Å²) in [6, 6.07) is 0.831. The molecule has 1 aliphatic heterocycles. The Morgan fingerprint density at radius 1 is 1.14 bits per heavy atom. The van der Waals surface area contributed by atoms with Crippen molar-refractivity contribution in [3.05, 3.63) is 0 Å². The molecule has 0 aromatic heterocycles. The summed E-state index contributed by atoms with van der Waals surface area (Å²) in [5.41, 5.74) is 0. The Hall–Kier alpha value is 0.660. The van der Waals surface area contributed by atoms with Crippen molar-refractivity contribution in [2.75, 3.05) is 29.6 Å². The second kappa shape index (κ2) is 6.29. The summed E-state index contributed by atoms with van der Waals surface area (Å²) in [5.74, 6) is 6.56. The zero-order valence-electron chi connectivity index (χ0n) is 8.84. The zero-order chi connectivity index (χ0) is 9.64. The predicted molar refractivity (Wildman–Crippen MR) is 68.4 cm³/mol. The fourth-order valence-electron chi connectivity index (χ4n) is 1.77. The Bertz CT molecular complexity index is 153. The quantitative estimate of drug-likeness (QED) is 0.706. The van der Waals surface area contributed by atoms with Gasteiger partial charge in [0, 0.05) is 18.3 Å². The molecule has 0 bridgehead atoms. The van der Waals surface area contributed by atoms with Crippen LogP contribution in [0.25, 0.3) is 0 Å². The van der Waals surface area contributed by atoms with Crippen molar-refractivity contribution in [2.24, 2.45) is 5.92 Å². The highest BCUT2D eigenvalue weighted by molar-refractivity contribution is 7.99. The molecule has 0 atom stereocenters. The molecule has 1 nitrogen and oxygen atoms in total. The van der Waals surface area contributed by atoms with Gasteiger partial charge in [0.15, 0.2) is 0 Å². The highest BCUT2D eigenvalue weighted by Crippen LogP contribution is 2.32. The average Bonchev–Trinajstić information content (AvgIpc) is 3.03. The van der Waals surface area contributed by atoms with Crippen LogP contribution in [0.2, 0.25) is 0 Å². The Balaban J connectivity index is 1.41. The van der Waals surface area contributed by atoms with E-state index in [0.717, 1.165) is 12.0 Å². The topological polar surface area (TPSA) is 12.0 Å². The van der Waals surface area contributed by atoms with Crippen LogP contribution in [0.3, 0.4) is 0 Å². The Kier molecular flexibility index (Phi) is 5.01. The van der Waals surface area contributed by atoms with Crippen molar-refractivity contribution in [2.45, 2.75) is 31.7 Å². The fraction of sp³-hybridized carbons (Fsp3) is 1.00. The second-order valence-corrected chi connectivity index (χ2v) is 6.73. The highest BCUT2D eigenvalue weighted by atomic mass is 32.2. The number of hydrogen-bond acceptors (Lipinski definition) is 3. The molecule has 1 saturated heterocycles. The Morgan fingerprint density at radius 3 is 2.64 bits per heavy atom. The maximum atomic E-state index is 3.68. The molecule has 2 fully saturated rings. The van der Waals surface area contributed by atoms with Gasteiger partial charge in [0.25, 0.3) is 0 Å². The first-order valence-electron chi connectivity index (χ1n) is 5.84. The molecule has 1 saturated carbocycles. The third kappa shape index (κ3) is 4.45. The summed E-state index contributed by atoms with van der Waals surface area (Å²) < 4.78 is 0. The van der Waals surface area contributed by atoms with Crippen LogP contribution in [0.5, 0.6) is 0 Å². The summed E-state index contributed by atoms with van der Waals surface area (Å²) in [6.45, 7) is 1.23. The van der Waals surface area contributed by atoms with E-state index in [1.807, 2.05) is 0 Å². The highest BCUT2D eigenvalue weighted by Gasteiger charge is 2.20. The van der Waals surface area contributed by atoms with Crippen LogP contribution in [0.15, 0.2) is 0 Å². The summed E-state index contributed by atoms with van der Waals surface area (Å²) in [5, 5.41) is 3.68. The van der Waals surface area contributed by atoms with Crippen molar-refractivity contribution in [1.29, 1.82) is 0 Å². The number of rotatable bonds is 6. The molecule has 14 heavy (non-hydrogen) atoms. The lowest BCUT2D eigenvalue weighted by Crippen LogP contribution is -2.34. The molecule has 0 spiro atoms. The lowest BCUT2D eigenvalue weighted by molar-refractivity contribution is 0.499. The van der Waals surface area contributed by atoms with Crippen LogP contribution < -0.4 is 5.32 Å². The molecular weight excluding hydrogens is 210 g/mol. The van der Waals surface area contributed by atoms with Gasteiger partial charge >= 0.3 is 0 Å². The van der Waals surface area contributed by atoms with Gasteiger partial charge in [-0.15, -0.1) is 0 Å². The molecule has 1 heterocycles. The third-order valence-corrected chi connectivity index (χ3v) is 5.20. The zero-order valence-corrected chi connectivity index (χ0v) is 10.5. The van der Waals surface area contributed by atoms with E-state index in [9.17, 15) is 0 Å². The number of hydrogen-bond donors (Lipinski definition) is 1. The van der Waals surface area contributed by atoms with Gasteiger partial charge in [0.1, 0.15) is 0 Å². The van der Waals surface area contributed by atoms with Gasteiger partial charge in [-0.25, -0.2) is 0 Å². The molecule has 0 aromatic rings. The van der Waals surface area contributed by atoms with Crippen LogP contribution in [-0.4, -0.2) is 35.6 Å². The summed E-state index contributed by atoms with van der Waals surface area (Å²) in [4.78, 5) is 0. The SMILES string of the molecule is C(CSCC1CC1)NC1CCSCC1. The average molecular weight is 231 g/mol.